The van der Waals surface area contributed by atoms with E-state index in [1.165, 1.54) is 19.3 Å². The molecule has 4 nitrogen and oxygen atoms in total. The molecule has 1 aromatic heterocycles. The van der Waals surface area contributed by atoms with Crippen molar-refractivity contribution in [3.05, 3.63) is 39.8 Å². The van der Waals surface area contributed by atoms with Crippen LogP contribution in [-0.4, -0.2) is 17.1 Å². The second kappa shape index (κ2) is 6.90. The second-order valence-electron chi connectivity index (χ2n) is 8.14. The monoisotopic (exact) mass is 374 g/mol. The number of benzene rings is 1. The lowest BCUT2D eigenvalue weighted by Gasteiger charge is -2.51. The summed E-state index contributed by atoms with van der Waals surface area (Å²) >= 11 is 6.39. The molecule has 2 saturated carbocycles. The summed E-state index contributed by atoms with van der Waals surface area (Å²) in [5, 5.41) is 1.94. The third-order valence-corrected chi connectivity index (χ3v) is 7.10. The number of nitrogens with two attached hydrogens (primary N) is 1. The number of H-pyrrole nitrogens is 1. The molecule has 0 bridgehead atoms. The predicted molar refractivity (Wildman–Crippen MR) is 106 cm³/mol. The molecule has 3 N–H and O–H groups in total. The molecule has 0 amide bonds. The van der Waals surface area contributed by atoms with Crippen LogP contribution in [-0.2, 0) is 0 Å². The molecular formula is C21H27ClN2O2. The van der Waals surface area contributed by atoms with Gasteiger partial charge in [-0.05, 0) is 80.4 Å². The number of nitrogens with one attached hydrogen (secondary N) is 1. The first kappa shape index (κ1) is 17.9. The number of aromatic amines is 1. The lowest BCUT2D eigenvalue weighted by Crippen LogP contribution is -2.50. The summed E-state index contributed by atoms with van der Waals surface area (Å²) in [6.07, 6.45) is 10.1. The number of ether oxygens (including phenoxy) is 1. The Morgan fingerprint density at radius 1 is 1.27 bits per heavy atom. The molecule has 1 heterocycles. The van der Waals surface area contributed by atoms with E-state index in [0.29, 0.717) is 21.6 Å². The Balaban J connectivity index is 1.50. The predicted octanol–water partition coefficient (Wildman–Crippen LogP) is 4.64. The van der Waals surface area contributed by atoms with Crippen molar-refractivity contribution < 1.29 is 4.74 Å². The molecule has 1 aromatic carbocycles. The first-order valence-corrected chi connectivity index (χ1v) is 10.1. The third kappa shape index (κ3) is 3.03. The van der Waals surface area contributed by atoms with Crippen LogP contribution in [0.4, 0.5) is 0 Å². The molecule has 140 valence electrons. The molecule has 5 heteroatoms. The Morgan fingerprint density at radius 3 is 2.62 bits per heavy atom. The van der Waals surface area contributed by atoms with Gasteiger partial charge in [0, 0.05) is 17.6 Å². The van der Waals surface area contributed by atoms with Crippen molar-refractivity contribution in [1.82, 2.24) is 4.98 Å². The molecule has 2 aromatic rings. The molecule has 0 aliphatic heterocycles. The molecule has 2 fully saturated rings. The van der Waals surface area contributed by atoms with Gasteiger partial charge in [0.2, 0.25) is 0 Å². The van der Waals surface area contributed by atoms with Crippen LogP contribution < -0.4 is 16.0 Å². The van der Waals surface area contributed by atoms with Gasteiger partial charge in [-0.25, -0.2) is 0 Å². The molecule has 0 radical (unpaired) electrons. The van der Waals surface area contributed by atoms with Crippen LogP contribution in [0.25, 0.3) is 10.8 Å². The summed E-state index contributed by atoms with van der Waals surface area (Å²) in [4.78, 5) is 14.6. The minimum Gasteiger partial charge on any atom is -0.489 e. The highest BCUT2D eigenvalue weighted by Gasteiger charge is 2.46. The molecule has 1 atom stereocenters. The molecule has 4 rings (SSSR count). The fourth-order valence-corrected chi connectivity index (χ4v) is 5.13. The van der Waals surface area contributed by atoms with Gasteiger partial charge in [-0.3, -0.25) is 4.79 Å². The zero-order chi connectivity index (χ0) is 18.3. The summed E-state index contributed by atoms with van der Waals surface area (Å²) < 4.78 is 6.25. The van der Waals surface area contributed by atoms with Crippen LogP contribution in [0.5, 0.6) is 5.75 Å². The quantitative estimate of drug-likeness (QED) is 0.819. The van der Waals surface area contributed by atoms with Gasteiger partial charge < -0.3 is 15.5 Å². The van der Waals surface area contributed by atoms with E-state index >= 15 is 0 Å². The molecule has 0 saturated heterocycles. The smallest absolute Gasteiger partial charge is 0.255 e. The maximum atomic E-state index is 11.9. The van der Waals surface area contributed by atoms with E-state index in [1.54, 1.807) is 12.3 Å². The van der Waals surface area contributed by atoms with E-state index in [0.717, 1.165) is 37.0 Å². The van der Waals surface area contributed by atoms with E-state index in [4.69, 9.17) is 22.1 Å². The van der Waals surface area contributed by atoms with Crippen molar-refractivity contribution in [3.8, 4) is 5.75 Å². The van der Waals surface area contributed by atoms with E-state index in [1.807, 2.05) is 12.1 Å². The molecule has 1 unspecified atom stereocenters. The number of aromatic nitrogens is 1. The second-order valence-corrected chi connectivity index (χ2v) is 8.55. The van der Waals surface area contributed by atoms with Gasteiger partial charge in [-0.1, -0.05) is 18.0 Å². The zero-order valence-corrected chi connectivity index (χ0v) is 16.0. The van der Waals surface area contributed by atoms with Crippen LogP contribution in [0.1, 0.15) is 51.9 Å². The van der Waals surface area contributed by atoms with Gasteiger partial charge in [0.25, 0.3) is 5.56 Å². The van der Waals surface area contributed by atoms with Crippen LogP contribution in [0.2, 0.25) is 5.02 Å². The average Bonchev–Trinajstić information content (AvgIpc) is 2.56. The van der Waals surface area contributed by atoms with Gasteiger partial charge in [0.15, 0.2) is 0 Å². The van der Waals surface area contributed by atoms with E-state index in [9.17, 15) is 4.79 Å². The summed E-state index contributed by atoms with van der Waals surface area (Å²) in [5.74, 6) is 1.46. The Bertz CT molecular complexity index is 849. The van der Waals surface area contributed by atoms with Crippen LogP contribution in [0.15, 0.2) is 29.2 Å². The van der Waals surface area contributed by atoms with E-state index in [-0.39, 0.29) is 17.7 Å². The molecular weight excluding hydrogens is 348 g/mol. The lowest BCUT2D eigenvalue weighted by atomic mass is 9.56. The Kier molecular flexibility index (Phi) is 4.74. The number of halogens is 1. The normalized spacial score (nSPS) is 27.9. The van der Waals surface area contributed by atoms with Crippen molar-refractivity contribution in [1.29, 1.82) is 0 Å². The average molecular weight is 375 g/mol. The summed E-state index contributed by atoms with van der Waals surface area (Å²) in [5.41, 5.74) is 6.58. The molecule has 2 aliphatic rings. The minimum absolute atomic E-state index is 0.129. The number of pyridine rings is 1. The van der Waals surface area contributed by atoms with E-state index in [2.05, 4.69) is 11.9 Å². The molecule has 0 spiro atoms. The fourth-order valence-electron chi connectivity index (χ4n) is 4.92. The Labute approximate surface area is 159 Å². The number of hydrogen-bond donors (Lipinski definition) is 2. The van der Waals surface area contributed by atoms with Crippen LogP contribution >= 0.6 is 11.6 Å². The summed E-state index contributed by atoms with van der Waals surface area (Å²) in [7, 11) is 0. The topological polar surface area (TPSA) is 68.1 Å². The number of rotatable bonds is 4. The summed E-state index contributed by atoms with van der Waals surface area (Å²) in [6.45, 7) is 2.18. The standard InChI is InChI=1S/C21H27ClN2O2/c1-13(23)21(15-3-2-4-15)8-5-16(6-9-21)26-19-11-14-7-10-24-20(25)17(14)12-18(19)22/h7,10-13,15-16H,2-6,8-9,23H2,1H3,(H,24,25). The Hall–Kier alpha value is -1.52. The SMILES string of the molecule is CC(N)C1(C2CCC2)CCC(Oc2cc3cc[nH]c(=O)c3cc2Cl)CC1. The third-order valence-electron chi connectivity index (χ3n) is 6.81. The first-order valence-electron chi connectivity index (χ1n) is 9.73. The fraction of sp³-hybridized carbons (Fsp3) is 0.571. The van der Waals surface area contributed by atoms with Crippen molar-refractivity contribution >= 4 is 22.4 Å². The maximum Gasteiger partial charge on any atom is 0.255 e. The number of hydrogen-bond acceptors (Lipinski definition) is 3. The highest BCUT2D eigenvalue weighted by atomic mass is 35.5. The van der Waals surface area contributed by atoms with Crippen LogP contribution in [0, 0.1) is 11.3 Å². The molecule has 26 heavy (non-hydrogen) atoms. The maximum absolute atomic E-state index is 11.9. The highest BCUT2D eigenvalue weighted by molar-refractivity contribution is 6.32. The van der Waals surface area contributed by atoms with Crippen molar-refractivity contribution in [2.45, 2.75) is 64.0 Å². The van der Waals surface area contributed by atoms with Gasteiger partial charge in [0.1, 0.15) is 5.75 Å². The van der Waals surface area contributed by atoms with Crippen LogP contribution in [0.3, 0.4) is 0 Å². The van der Waals surface area contributed by atoms with Gasteiger partial charge >= 0.3 is 0 Å². The first-order chi connectivity index (χ1) is 12.5. The Morgan fingerprint density at radius 2 is 2.00 bits per heavy atom. The van der Waals surface area contributed by atoms with Crippen molar-refractivity contribution in [2.24, 2.45) is 17.1 Å². The lowest BCUT2D eigenvalue weighted by molar-refractivity contribution is -0.0125. The highest BCUT2D eigenvalue weighted by Crippen LogP contribution is 2.52. The number of fused-ring (bicyclic) bond motifs is 1. The molecule has 2 aliphatic carbocycles. The zero-order valence-electron chi connectivity index (χ0n) is 15.3. The largest absolute Gasteiger partial charge is 0.489 e. The van der Waals surface area contributed by atoms with Gasteiger partial charge in [-0.15, -0.1) is 0 Å². The van der Waals surface area contributed by atoms with Gasteiger partial charge in [-0.2, -0.15) is 0 Å². The van der Waals surface area contributed by atoms with Crippen molar-refractivity contribution in [3.63, 3.8) is 0 Å². The van der Waals surface area contributed by atoms with Gasteiger partial charge in [0.05, 0.1) is 11.1 Å². The van der Waals surface area contributed by atoms with E-state index < -0.39 is 0 Å². The van der Waals surface area contributed by atoms with Crippen molar-refractivity contribution in [2.75, 3.05) is 0 Å². The minimum atomic E-state index is -0.129. The summed E-state index contributed by atoms with van der Waals surface area (Å²) in [6, 6.07) is 5.70.